The van der Waals surface area contributed by atoms with E-state index in [0.29, 0.717) is 16.9 Å². The van der Waals surface area contributed by atoms with Gasteiger partial charge in [0.15, 0.2) is 0 Å². The van der Waals surface area contributed by atoms with Gasteiger partial charge in [-0.25, -0.2) is 12.0 Å². The molecule has 2 aromatic rings. The van der Waals surface area contributed by atoms with E-state index in [9.17, 15) is 13.0 Å². The van der Waals surface area contributed by atoms with Crippen LogP contribution >= 0.6 is 12.0 Å². The van der Waals surface area contributed by atoms with Crippen molar-refractivity contribution in [2.75, 3.05) is 0 Å². The molecule has 2 aromatic carbocycles. The molecule has 0 saturated carbocycles. The van der Waals surface area contributed by atoms with Gasteiger partial charge in [-0.1, -0.05) is 30.3 Å². The Morgan fingerprint density at radius 1 is 1.06 bits per heavy atom. The molecule has 4 nitrogen and oxygen atoms in total. The average molecular weight is 278 g/mol. The third kappa shape index (κ3) is 4.59. The maximum Gasteiger partial charge on any atom is 1.00 e. The van der Waals surface area contributed by atoms with Gasteiger partial charge in [0.1, 0.15) is 0 Å². The van der Waals surface area contributed by atoms with E-state index in [1.807, 2.05) is 30.3 Å². The van der Waals surface area contributed by atoms with Crippen LogP contribution in [-0.2, 0) is 14.0 Å². The average Bonchev–Trinajstić information content (AvgIpc) is 2.25. The summed E-state index contributed by atoms with van der Waals surface area (Å²) >= 11 is 0.542. The van der Waals surface area contributed by atoms with Crippen molar-refractivity contribution in [2.45, 2.75) is 4.90 Å². The molecular weight excluding hydrogens is 271 g/mol. The maximum atomic E-state index is 10.3. The fraction of sp³-hybridized carbons (Fsp3) is 0. The molecule has 0 aliphatic rings. The predicted octanol–water partition coefficient (Wildman–Crippen LogP) is -0.672. The standard InChI is InChI=1S/C10H8O4S2.Na/c11-16(12,13)14-15-10-6-5-8-3-1-2-4-9(8)7-10;/h1-7H,(H,11,12,13);/q;+1/p-1. The molecule has 0 atom stereocenters. The number of hydrogen-bond donors (Lipinski definition) is 0. The van der Waals surface area contributed by atoms with E-state index in [1.165, 1.54) is 0 Å². The molecule has 0 aromatic heterocycles. The Hall–Kier alpha value is -0.0800. The fourth-order valence-corrected chi connectivity index (χ4v) is 2.25. The van der Waals surface area contributed by atoms with Crippen molar-refractivity contribution in [3.63, 3.8) is 0 Å². The van der Waals surface area contributed by atoms with Crippen molar-refractivity contribution in [1.29, 1.82) is 0 Å². The van der Waals surface area contributed by atoms with Crippen molar-refractivity contribution < 1.29 is 46.2 Å². The van der Waals surface area contributed by atoms with Gasteiger partial charge in [-0.05, 0) is 22.9 Å². The van der Waals surface area contributed by atoms with Gasteiger partial charge in [-0.3, -0.25) is 0 Å². The van der Waals surface area contributed by atoms with Crippen molar-refractivity contribution in [1.82, 2.24) is 0 Å². The molecule has 0 fully saturated rings. The summed E-state index contributed by atoms with van der Waals surface area (Å²) < 4.78 is 34.9. The quantitative estimate of drug-likeness (QED) is 0.322. The van der Waals surface area contributed by atoms with Crippen LogP contribution in [0.4, 0.5) is 0 Å². The van der Waals surface area contributed by atoms with Crippen LogP contribution in [0.1, 0.15) is 0 Å². The van der Waals surface area contributed by atoms with Gasteiger partial charge in [0.2, 0.25) is 10.4 Å². The van der Waals surface area contributed by atoms with Gasteiger partial charge in [-0.2, -0.15) is 0 Å². The van der Waals surface area contributed by atoms with E-state index in [1.54, 1.807) is 12.1 Å². The zero-order valence-electron chi connectivity index (χ0n) is 8.99. The Morgan fingerprint density at radius 3 is 2.35 bits per heavy atom. The first-order valence-electron chi connectivity index (χ1n) is 4.35. The van der Waals surface area contributed by atoms with Crippen molar-refractivity contribution in [2.24, 2.45) is 0 Å². The van der Waals surface area contributed by atoms with E-state index < -0.39 is 10.4 Å². The van der Waals surface area contributed by atoms with Crippen LogP contribution in [0.5, 0.6) is 0 Å². The second kappa shape index (κ2) is 6.19. The Labute approximate surface area is 126 Å². The summed E-state index contributed by atoms with van der Waals surface area (Å²) in [5.41, 5.74) is 0. The molecule has 0 aliphatic heterocycles. The van der Waals surface area contributed by atoms with Gasteiger partial charge >= 0.3 is 29.6 Å². The van der Waals surface area contributed by atoms with Crippen LogP contribution in [0.2, 0.25) is 0 Å². The molecule has 0 spiro atoms. The molecule has 0 saturated heterocycles. The Balaban J connectivity index is 0.00000144. The monoisotopic (exact) mass is 278 g/mol. The SMILES string of the molecule is O=S(=O)([O-])OSc1ccc2ccccc2c1.[Na+]. The van der Waals surface area contributed by atoms with Gasteiger partial charge < -0.3 is 4.55 Å². The third-order valence-electron chi connectivity index (χ3n) is 1.93. The minimum atomic E-state index is -4.66. The summed E-state index contributed by atoms with van der Waals surface area (Å²) in [6, 6.07) is 12.9. The summed E-state index contributed by atoms with van der Waals surface area (Å²) in [7, 11) is -4.66. The van der Waals surface area contributed by atoms with Crippen LogP contribution in [0.3, 0.4) is 0 Å². The molecule has 0 radical (unpaired) electrons. The number of benzene rings is 2. The van der Waals surface area contributed by atoms with Gasteiger partial charge in [-0.15, -0.1) is 0 Å². The Kier molecular flexibility index (Phi) is 5.46. The van der Waals surface area contributed by atoms with Crippen LogP contribution in [0, 0.1) is 0 Å². The molecule has 0 N–H and O–H groups in total. The molecular formula is C10H7NaO4S2. The largest absolute Gasteiger partial charge is 1.00 e. The zero-order valence-corrected chi connectivity index (χ0v) is 12.6. The summed E-state index contributed by atoms with van der Waals surface area (Å²) in [6.45, 7) is 0. The first-order valence-corrected chi connectivity index (χ1v) is 6.43. The second-order valence-corrected chi connectivity index (χ2v) is 5.07. The molecule has 0 unspecified atom stereocenters. The van der Waals surface area contributed by atoms with E-state index in [-0.39, 0.29) is 29.6 Å². The normalized spacial score (nSPS) is 11.1. The van der Waals surface area contributed by atoms with E-state index in [0.717, 1.165) is 10.8 Å². The van der Waals surface area contributed by atoms with Crippen LogP contribution in [0.25, 0.3) is 10.8 Å². The van der Waals surface area contributed by atoms with Gasteiger partial charge in [0.25, 0.3) is 0 Å². The Bertz CT molecular complexity index is 612. The molecule has 0 bridgehead atoms. The molecule has 7 heteroatoms. The van der Waals surface area contributed by atoms with E-state index >= 15 is 0 Å². The smallest absolute Gasteiger partial charge is 0.725 e. The summed E-state index contributed by atoms with van der Waals surface area (Å²) in [4.78, 5) is 0.568. The summed E-state index contributed by atoms with van der Waals surface area (Å²) in [5.74, 6) is 0. The number of fused-ring (bicyclic) bond motifs is 1. The van der Waals surface area contributed by atoms with Crippen molar-refractivity contribution in [3.05, 3.63) is 42.5 Å². The minimum absolute atomic E-state index is 0. The van der Waals surface area contributed by atoms with Crippen molar-refractivity contribution in [3.8, 4) is 0 Å². The molecule has 0 aliphatic carbocycles. The molecule has 0 amide bonds. The van der Waals surface area contributed by atoms with Crippen LogP contribution in [-0.4, -0.2) is 13.0 Å². The third-order valence-corrected chi connectivity index (χ3v) is 3.32. The van der Waals surface area contributed by atoms with E-state index in [4.69, 9.17) is 0 Å². The number of hydrogen-bond acceptors (Lipinski definition) is 5. The second-order valence-electron chi connectivity index (χ2n) is 3.07. The van der Waals surface area contributed by atoms with Crippen LogP contribution < -0.4 is 29.6 Å². The molecule has 2 rings (SSSR count). The fourth-order valence-electron chi connectivity index (χ4n) is 1.30. The Morgan fingerprint density at radius 2 is 1.71 bits per heavy atom. The topological polar surface area (TPSA) is 66.4 Å². The number of rotatable bonds is 3. The van der Waals surface area contributed by atoms with Gasteiger partial charge in [0.05, 0.1) is 0 Å². The molecule has 0 heterocycles. The van der Waals surface area contributed by atoms with E-state index in [2.05, 4.69) is 3.63 Å². The zero-order chi connectivity index (χ0) is 11.6. The first kappa shape index (κ1) is 15.0. The summed E-state index contributed by atoms with van der Waals surface area (Å²) in [6.07, 6.45) is 0. The predicted molar refractivity (Wildman–Crippen MR) is 60.6 cm³/mol. The summed E-state index contributed by atoms with van der Waals surface area (Å²) in [5, 5.41) is 2.00. The molecule has 84 valence electrons. The molecule has 17 heavy (non-hydrogen) atoms. The minimum Gasteiger partial charge on any atom is -0.725 e. The van der Waals surface area contributed by atoms with Gasteiger partial charge in [0, 0.05) is 16.9 Å². The van der Waals surface area contributed by atoms with Crippen LogP contribution in [0.15, 0.2) is 47.4 Å². The first-order chi connectivity index (χ1) is 7.54. The maximum absolute atomic E-state index is 10.3. The van der Waals surface area contributed by atoms with Crippen molar-refractivity contribution >= 4 is 33.2 Å².